The monoisotopic (exact) mass is 658 g/mol. The fourth-order valence-electron chi connectivity index (χ4n) is 5.76. The maximum absolute atomic E-state index is 13.8. The number of thiophene rings is 1. The molecule has 0 bridgehead atoms. The van der Waals surface area contributed by atoms with Gasteiger partial charge in [-0.05, 0) is 39.0 Å². The van der Waals surface area contributed by atoms with E-state index in [4.69, 9.17) is 30.8 Å². The second-order valence-corrected chi connectivity index (χ2v) is 13.3. The third-order valence-corrected chi connectivity index (χ3v) is 9.10. The number of carbonyl (C=O) groups excluding carboxylic acids is 2. The number of fused-ring (bicyclic) bond motifs is 3. The Bertz CT molecular complexity index is 1610. The second-order valence-electron chi connectivity index (χ2n) is 12.0. The first-order valence-electron chi connectivity index (χ1n) is 14.8. The lowest BCUT2D eigenvalue weighted by molar-refractivity contribution is -0.135. The number of carboxylic acids is 1. The molecule has 13 nitrogen and oxygen atoms in total. The Morgan fingerprint density at radius 1 is 1.11 bits per heavy atom. The smallest absolute Gasteiger partial charge is 0.410 e. The maximum atomic E-state index is 13.8. The molecule has 3 aromatic heterocycles. The molecule has 2 amide bonds. The van der Waals surface area contributed by atoms with Gasteiger partial charge in [0, 0.05) is 49.4 Å². The van der Waals surface area contributed by atoms with Gasteiger partial charge in [-0.15, -0.1) is 11.3 Å². The fraction of sp³-hybridized carbons (Fsp3) is 0.500. The van der Waals surface area contributed by atoms with Crippen LogP contribution in [0.1, 0.15) is 59.3 Å². The minimum atomic E-state index is -1.04. The summed E-state index contributed by atoms with van der Waals surface area (Å²) in [6, 6.07) is 4.55. The van der Waals surface area contributed by atoms with Gasteiger partial charge in [-0.1, -0.05) is 11.6 Å². The standard InChI is InChI=1S/C30H35ClN6O7S/c1-30(2,3)44-29(41)35-8-9-36-23(15-35)32-19-6-7-37(26(25(19)36)21-14-18(17-45-21)28(39)40)24(38)16-43-20-4-5-22(33-27(20)31)34-10-12-42-13-11-34/h4-5,14,17,26H,6-13,15-16H2,1-3H3,(H,39,40). The summed E-state index contributed by atoms with van der Waals surface area (Å²) in [6.07, 6.45) is 0.0910. The Labute approximate surface area is 269 Å². The number of aromatic nitrogens is 3. The van der Waals surface area contributed by atoms with E-state index in [2.05, 4.69) is 9.88 Å². The third kappa shape index (κ3) is 6.58. The van der Waals surface area contributed by atoms with Gasteiger partial charge in [0.25, 0.3) is 5.91 Å². The molecule has 0 saturated carbocycles. The van der Waals surface area contributed by atoms with E-state index in [0.717, 1.165) is 11.4 Å². The zero-order valence-corrected chi connectivity index (χ0v) is 26.9. The number of halogens is 1. The van der Waals surface area contributed by atoms with Crippen molar-refractivity contribution in [2.24, 2.45) is 0 Å². The number of pyridine rings is 1. The van der Waals surface area contributed by atoms with Gasteiger partial charge in [0.05, 0.1) is 36.7 Å². The van der Waals surface area contributed by atoms with Crippen LogP contribution in [0.2, 0.25) is 5.15 Å². The Balaban J connectivity index is 1.24. The molecule has 3 aliphatic rings. The fourth-order valence-corrected chi connectivity index (χ4v) is 6.96. The number of carboxylic acid groups (broad SMARTS) is 1. The lowest BCUT2D eigenvalue weighted by Crippen LogP contribution is -2.45. The predicted molar refractivity (Wildman–Crippen MR) is 165 cm³/mol. The predicted octanol–water partition coefficient (Wildman–Crippen LogP) is 3.83. The van der Waals surface area contributed by atoms with Crippen molar-refractivity contribution in [3.8, 4) is 5.75 Å². The topological polar surface area (TPSA) is 140 Å². The van der Waals surface area contributed by atoms with E-state index in [0.29, 0.717) is 74.6 Å². The summed E-state index contributed by atoms with van der Waals surface area (Å²) >= 11 is 7.74. The van der Waals surface area contributed by atoms with Crippen LogP contribution in [0.4, 0.5) is 10.6 Å². The molecule has 3 aromatic rings. The number of amides is 2. The van der Waals surface area contributed by atoms with Crippen molar-refractivity contribution < 1.29 is 33.7 Å². The molecule has 0 aliphatic carbocycles. The Morgan fingerprint density at radius 2 is 1.89 bits per heavy atom. The largest absolute Gasteiger partial charge is 0.481 e. The van der Waals surface area contributed by atoms with Gasteiger partial charge in [0.1, 0.15) is 23.3 Å². The second kappa shape index (κ2) is 12.5. The van der Waals surface area contributed by atoms with Crippen molar-refractivity contribution >= 4 is 46.7 Å². The summed E-state index contributed by atoms with van der Waals surface area (Å²) in [7, 11) is 0. The molecule has 15 heteroatoms. The summed E-state index contributed by atoms with van der Waals surface area (Å²) in [5, 5.41) is 11.4. The molecule has 1 unspecified atom stereocenters. The van der Waals surface area contributed by atoms with Crippen LogP contribution in [-0.2, 0) is 33.8 Å². The molecule has 3 aliphatic heterocycles. The Morgan fingerprint density at radius 3 is 2.58 bits per heavy atom. The molecule has 1 N–H and O–H groups in total. The van der Waals surface area contributed by atoms with Crippen molar-refractivity contribution in [1.29, 1.82) is 0 Å². The molecule has 1 saturated heterocycles. The van der Waals surface area contributed by atoms with Crippen molar-refractivity contribution in [1.82, 2.24) is 24.3 Å². The van der Waals surface area contributed by atoms with Crippen LogP contribution in [0.5, 0.6) is 5.75 Å². The normalized spacial score (nSPS) is 18.3. The molecule has 0 radical (unpaired) electrons. The lowest BCUT2D eigenvalue weighted by Gasteiger charge is -2.37. The number of morpholine rings is 1. The highest BCUT2D eigenvalue weighted by Gasteiger charge is 2.40. The number of imidazole rings is 1. The van der Waals surface area contributed by atoms with E-state index in [1.807, 2.05) is 31.4 Å². The lowest BCUT2D eigenvalue weighted by atomic mass is 10.00. The quantitative estimate of drug-likeness (QED) is 0.389. The van der Waals surface area contributed by atoms with Crippen molar-refractivity contribution in [2.45, 2.75) is 51.9 Å². The highest BCUT2D eigenvalue weighted by molar-refractivity contribution is 7.10. The van der Waals surface area contributed by atoms with Crippen molar-refractivity contribution in [3.63, 3.8) is 0 Å². The minimum absolute atomic E-state index is 0.151. The molecule has 1 atom stereocenters. The highest BCUT2D eigenvalue weighted by atomic mass is 35.5. The van der Waals surface area contributed by atoms with E-state index in [1.54, 1.807) is 27.3 Å². The van der Waals surface area contributed by atoms with Gasteiger partial charge >= 0.3 is 12.1 Å². The maximum Gasteiger partial charge on any atom is 0.410 e. The summed E-state index contributed by atoms with van der Waals surface area (Å²) in [5.74, 6) is 0.380. The number of hydrogen-bond donors (Lipinski definition) is 1. The van der Waals surface area contributed by atoms with Crippen molar-refractivity contribution in [3.05, 3.63) is 56.4 Å². The Hall–Kier alpha value is -3.88. The molecule has 6 heterocycles. The molecule has 6 rings (SSSR count). The molecular weight excluding hydrogens is 624 g/mol. The summed E-state index contributed by atoms with van der Waals surface area (Å²) in [5.41, 5.74) is 1.17. The molecule has 0 aromatic carbocycles. The van der Waals surface area contributed by atoms with Crippen LogP contribution in [0, 0.1) is 0 Å². The zero-order chi connectivity index (χ0) is 31.9. The summed E-state index contributed by atoms with van der Waals surface area (Å²) in [4.78, 5) is 53.8. The van der Waals surface area contributed by atoms with Crippen LogP contribution in [-0.4, -0.2) is 99.0 Å². The molecule has 0 spiro atoms. The number of aromatic carboxylic acids is 1. The van der Waals surface area contributed by atoms with E-state index in [-0.39, 0.29) is 29.8 Å². The molecular formula is C30H35ClN6O7S. The van der Waals surface area contributed by atoms with E-state index >= 15 is 0 Å². The molecule has 1 fully saturated rings. The van der Waals surface area contributed by atoms with Gasteiger partial charge in [-0.25, -0.2) is 19.6 Å². The minimum Gasteiger partial charge on any atom is -0.481 e. The average Bonchev–Trinajstić information content (AvgIpc) is 3.64. The Kier molecular flexibility index (Phi) is 8.63. The SMILES string of the molecule is CC(C)(C)OC(=O)N1CCn2c(nc3c2C(c2cc(C(=O)O)cs2)N(C(=O)COc2ccc(N4CCOCC4)nc2Cl)CC3)C1. The molecule has 240 valence electrons. The van der Waals surface area contributed by atoms with Gasteiger partial charge in [-0.2, -0.15) is 0 Å². The first-order valence-corrected chi connectivity index (χ1v) is 16.0. The number of carbonyl (C=O) groups is 3. The zero-order valence-electron chi connectivity index (χ0n) is 25.3. The highest BCUT2D eigenvalue weighted by Crippen LogP contribution is 2.40. The van der Waals surface area contributed by atoms with Crippen LogP contribution in [0.3, 0.4) is 0 Å². The summed E-state index contributed by atoms with van der Waals surface area (Å²) < 4.78 is 18.9. The van der Waals surface area contributed by atoms with Crippen LogP contribution in [0.25, 0.3) is 0 Å². The van der Waals surface area contributed by atoms with E-state index < -0.39 is 23.7 Å². The first kappa shape index (κ1) is 31.1. The van der Waals surface area contributed by atoms with Crippen LogP contribution in [0.15, 0.2) is 23.6 Å². The van der Waals surface area contributed by atoms with Gasteiger partial charge in [-0.3, -0.25) is 9.69 Å². The number of hydrogen-bond acceptors (Lipinski definition) is 10. The van der Waals surface area contributed by atoms with Gasteiger partial charge < -0.3 is 33.7 Å². The van der Waals surface area contributed by atoms with Crippen LogP contribution >= 0.6 is 22.9 Å². The van der Waals surface area contributed by atoms with E-state index in [1.165, 1.54) is 11.3 Å². The third-order valence-electron chi connectivity index (χ3n) is 7.84. The number of anilines is 1. The number of nitrogens with zero attached hydrogens (tertiary/aromatic N) is 6. The van der Waals surface area contributed by atoms with Crippen molar-refractivity contribution in [2.75, 3.05) is 50.9 Å². The molecule has 45 heavy (non-hydrogen) atoms. The summed E-state index contributed by atoms with van der Waals surface area (Å²) in [6.45, 7) is 9.34. The van der Waals surface area contributed by atoms with Crippen LogP contribution < -0.4 is 9.64 Å². The number of rotatable bonds is 6. The van der Waals surface area contributed by atoms with Gasteiger partial charge in [0.15, 0.2) is 17.5 Å². The first-order chi connectivity index (χ1) is 21.5. The number of ether oxygens (including phenoxy) is 3. The average molecular weight is 659 g/mol. The van der Waals surface area contributed by atoms with E-state index in [9.17, 15) is 19.5 Å². The van der Waals surface area contributed by atoms with Gasteiger partial charge in [0.2, 0.25) is 0 Å².